The molecule has 1 aliphatic rings. The van der Waals surface area contributed by atoms with Gasteiger partial charge in [0.1, 0.15) is 12.1 Å². The van der Waals surface area contributed by atoms with Crippen LogP contribution in [0.15, 0.2) is 0 Å². The van der Waals surface area contributed by atoms with E-state index in [1.165, 1.54) is 4.90 Å². The second-order valence-corrected chi connectivity index (χ2v) is 6.14. The number of carboxylic acids is 1. The molecule has 0 aromatic heterocycles. The number of hydrogen-bond acceptors (Lipinski definition) is 5. The third-order valence-corrected chi connectivity index (χ3v) is 4.10. The quantitative estimate of drug-likeness (QED) is 0.591. The van der Waals surface area contributed by atoms with Gasteiger partial charge in [0.15, 0.2) is 0 Å². The monoisotopic (exact) mass is 317 g/mol. The van der Waals surface area contributed by atoms with E-state index in [0.29, 0.717) is 31.6 Å². The van der Waals surface area contributed by atoms with E-state index in [9.17, 15) is 14.4 Å². The van der Waals surface area contributed by atoms with Gasteiger partial charge in [-0.2, -0.15) is 11.8 Å². The lowest BCUT2D eigenvalue weighted by Crippen LogP contribution is -2.54. The van der Waals surface area contributed by atoms with Crippen molar-refractivity contribution in [2.24, 2.45) is 5.73 Å². The van der Waals surface area contributed by atoms with Crippen molar-refractivity contribution in [1.29, 1.82) is 0 Å². The van der Waals surface area contributed by atoms with Crippen LogP contribution in [0.5, 0.6) is 0 Å². The fraction of sp³-hybridized carbons (Fsp3) is 0.769. The average molecular weight is 317 g/mol. The molecule has 1 heterocycles. The largest absolute Gasteiger partial charge is 0.480 e. The number of aliphatic carboxylic acids is 1. The van der Waals surface area contributed by atoms with E-state index in [-0.39, 0.29) is 5.91 Å². The van der Waals surface area contributed by atoms with Crippen molar-refractivity contribution in [3.05, 3.63) is 0 Å². The molecule has 0 unspecified atom stereocenters. The number of nitrogens with one attached hydrogen (secondary N) is 1. The first-order valence-corrected chi connectivity index (χ1v) is 8.36. The van der Waals surface area contributed by atoms with Crippen LogP contribution in [0.25, 0.3) is 0 Å². The van der Waals surface area contributed by atoms with Crippen LogP contribution < -0.4 is 11.1 Å². The molecule has 4 N–H and O–H groups in total. The molecular weight excluding hydrogens is 294 g/mol. The second-order valence-electron chi connectivity index (χ2n) is 5.16. The highest BCUT2D eigenvalue weighted by molar-refractivity contribution is 7.98. The second kappa shape index (κ2) is 8.23. The lowest BCUT2D eigenvalue weighted by atomic mass is 10.1. The van der Waals surface area contributed by atoms with Crippen molar-refractivity contribution in [1.82, 2.24) is 10.2 Å². The summed E-state index contributed by atoms with van der Waals surface area (Å²) in [7, 11) is 0. The molecule has 0 aliphatic carbocycles. The van der Waals surface area contributed by atoms with Crippen molar-refractivity contribution in [3.63, 3.8) is 0 Å². The Balaban J connectivity index is 2.78. The van der Waals surface area contributed by atoms with Crippen LogP contribution in [0.1, 0.15) is 26.2 Å². The number of hydrogen-bond donors (Lipinski definition) is 3. The van der Waals surface area contributed by atoms with Gasteiger partial charge < -0.3 is 21.1 Å². The maximum Gasteiger partial charge on any atom is 0.326 e. The molecule has 0 bridgehead atoms. The summed E-state index contributed by atoms with van der Waals surface area (Å²) in [6.45, 7) is 1.96. The maximum atomic E-state index is 12.5. The minimum atomic E-state index is -0.997. The van der Waals surface area contributed by atoms with Crippen LogP contribution in [0, 0.1) is 0 Å². The topological polar surface area (TPSA) is 113 Å². The number of thioether (sulfide) groups is 1. The molecule has 0 saturated carbocycles. The smallest absolute Gasteiger partial charge is 0.326 e. The van der Waals surface area contributed by atoms with Crippen LogP contribution >= 0.6 is 11.8 Å². The Bertz CT molecular complexity index is 403. The van der Waals surface area contributed by atoms with Crippen molar-refractivity contribution in [3.8, 4) is 0 Å². The first kappa shape index (κ1) is 17.8. The van der Waals surface area contributed by atoms with Crippen LogP contribution in [-0.2, 0) is 14.4 Å². The molecule has 7 nitrogen and oxygen atoms in total. The average Bonchev–Trinajstić information content (AvgIpc) is 2.91. The lowest BCUT2D eigenvalue weighted by molar-refractivity contribution is -0.149. The summed E-state index contributed by atoms with van der Waals surface area (Å²) in [5.74, 6) is -1.03. The van der Waals surface area contributed by atoms with Gasteiger partial charge in [0.2, 0.25) is 11.8 Å². The van der Waals surface area contributed by atoms with E-state index in [1.54, 1.807) is 18.7 Å². The standard InChI is InChI=1S/C13H23N3O4S/c1-8(14)11(17)15-9(5-7-21-2)12(18)16-6-3-4-10(16)13(19)20/h8-10H,3-7,14H2,1-2H3,(H,15,17)(H,19,20)/t8-,9-,10-/m0/s1. The van der Waals surface area contributed by atoms with Gasteiger partial charge in [-0.05, 0) is 38.2 Å². The van der Waals surface area contributed by atoms with E-state index in [4.69, 9.17) is 10.8 Å². The third kappa shape index (κ3) is 4.89. The van der Waals surface area contributed by atoms with E-state index in [2.05, 4.69) is 5.32 Å². The van der Waals surface area contributed by atoms with Crippen LogP contribution in [0.2, 0.25) is 0 Å². The molecule has 1 aliphatic heterocycles. The molecular formula is C13H23N3O4S. The zero-order valence-corrected chi connectivity index (χ0v) is 13.2. The van der Waals surface area contributed by atoms with Gasteiger partial charge in [-0.25, -0.2) is 4.79 Å². The summed E-state index contributed by atoms with van der Waals surface area (Å²) in [5.41, 5.74) is 5.51. The molecule has 0 spiro atoms. The molecule has 3 atom stereocenters. The molecule has 120 valence electrons. The molecule has 2 amide bonds. The molecule has 0 radical (unpaired) electrons. The first-order valence-electron chi connectivity index (χ1n) is 6.96. The molecule has 0 aromatic carbocycles. The lowest BCUT2D eigenvalue weighted by Gasteiger charge is -2.27. The summed E-state index contributed by atoms with van der Waals surface area (Å²) in [6.07, 6.45) is 3.49. The van der Waals surface area contributed by atoms with Gasteiger partial charge >= 0.3 is 5.97 Å². The third-order valence-electron chi connectivity index (χ3n) is 3.46. The number of carboxylic acid groups (broad SMARTS) is 1. The van der Waals surface area contributed by atoms with Crippen LogP contribution in [0.4, 0.5) is 0 Å². The summed E-state index contributed by atoms with van der Waals surface area (Å²) < 4.78 is 0. The predicted octanol–water partition coefficient (Wildman–Crippen LogP) is -0.353. The van der Waals surface area contributed by atoms with E-state index in [1.807, 2.05) is 6.26 Å². The van der Waals surface area contributed by atoms with Gasteiger partial charge in [0.25, 0.3) is 0 Å². The van der Waals surface area contributed by atoms with Gasteiger partial charge in [-0.15, -0.1) is 0 Å². The molecule has 0 aromatic rings. The fourth-order valence-corrected chi connectivity index (χ4v) is 2.76. The Labute approximate surface area is 128 Å². The highest BCUT2D eigenvalue weighted by Gasteiger charge is 2.37. The Kier molecular flexibility index (Phi) is 6.97. The molecule has 1 saturated heterocycles. The van der Waals surface area contributed by atoms with Crippen LogP contribution in [-0.4, -0.2) is 64.5 Å². The number of nitrogens with zero attached hydrogens (tertiary/aromatic N) is 1. The number of likely N-dealkylation sites (tertiary alicyclic amines) is 1. The zero-order valence-electron chi connectivity index (χ0n) is 12.4. The molecule has 8 heteroatoms. The first-order chi connectivity index (χ1) is 9.88. The summed E-state index contributed by atoms with van der Waals surface area (Å²) in [6, 6.07) is -2.21. The van der Waals surface area contributed by atoms with Crippen molar-refractivity contribution in [2.45, 2.75) is 44.3 Å². The summed E-state index contributed by atoms with van der Waals surface area (Å²) in [4.78, 5) is 36.8. The van der Waals surface area contributed by atoms with Crippen molar-refractivity contribution in [2.75, 3.05) is 18.6 Å². The number of carbonyl (C=O) groups excluding carboxylic acids is 2. The predicted molar refractivity (Wildman–Crippen MR) is 80.9 cm³/mol. The Morgan fingerprint density at radius 2 is 2.14 bits per heavy atom. The fourth-order valence-electron chi connectivity index (χ4n) is 2.28. The number of rotatable bonds is 7. The minimum Gasteiger partial charge on any atom is -0.480 e. The highest BCUT2D eigenvalue weighted by atomic mass is 32.2. The van der Waals surface area contributed by atoms with Crippen molar-refractivity contribution >= 4 is 29.5 Å². The Hall–Kier alpha value is -1.28. The van der Waals surface area contributed by atoms with E-state index >= 15 is 0 Å². The van der Waals surface area contributed by atoms with E-state index in [0.717, 1.165) is 0 Å². The zero-order chi connectivity index (χ0) is 16.0. The Morgan fingerprint density at radius 1 is 1.48 bits per heavy atom. The van der Waals surface area contributed by atoms with Gasteiger partial charge in [-0.1, -0.05) is 0 Å². The van der Waals surface area contributed by atoms with E-state index < -0.39 is 30.0 Å². The molecule has 21 heavy (non-hydrogen) atoms. The van der Waals surface area contributed by atoms with Crippen molar-refractivity contribution < 1.29 is 19.5 Å². The number of carbonyl (C=O) groups is 3. The van der Waals surface area contributed by atoms with Gasteiger partial charge in [0.05, 0.1) is 6.04 Å². The Morgan fingerprint density at radius 3 is 2.67 bits per heavy atom. The van der Waals surface area contributed by atoms with Gasteiger partial charge in [0, 0.05) is 6.54 Å². The number of amides is 2. The normalized spacial score (nSPS) is 20.9. The summed E-state index contributed by atoms with van der Waals surface area (Å²) in [5, 5.41) is 11.8. The minimum absolute atomic E-state index is 0.331. The van der Waals surface area contributed by atoms with Crippen LogP contribution in [0.3, 0.4) is 0 Å². The van der Waals surface area contributed by atoms with Gasteiger partial charge in [-0.3, -0.25) is 9.59 Å². The SMILES string of the molecule is CSCC[C@H](NC(=O)[C@H](C)N)C(=O)N1CCC[C@H]1C(=O)O. The molecule has 1 rings (SSSR count). The summed E-state index contributed by atoms with van der Waals surface area (Å²) >= 11 is 1.56. The maximum absolute atomic E-state index is 12.5. The molecule has 1 fully saturated rings. The number of nitrogens with two attached hydrogens (primary N) is 1. The highest BCUT2D eigenvalue weighted by Crippen LogP contribution is 2.19.